The van der Waals surface area contributed by atoms with Crippen LogP contribution in [0.3, 0.4) is 0 Å². The van der Waals surface area contributed by atoms with E-state index in [0.29, 0.717) is 11.8 Å². The van der Waals surface area contributed by atoms with Crippen LogP contribution in [0.4, 0.5) is 0 Å². The second-order valence-corrected chi connectivity index (χ2v) is 8.30. The number of aromatic nitrogens is 2. The Balaban J connectivity index is 1.82. The zero-order valence-corrected chi connectivity index (χ0v) is 16.6. The Morgan fingerprint density at radius 1 is 1.16 bits per heavy atom. The molecule has 0 unspecified atom stereocenters. The molecule has 2 aliphatic heterocycles. The second-order valence-electron chi connectivity index (χ2n) is 8.30. The van der Waals surface area contributed by atoms with Crippen LogP contribution in [0, 0.1) is 19.8 Å². The van der Waals surface area contributed by atoms with Gasteiger partial charge in [-0.1, -0.05) is 20.3 Å². The summed E-state index contributed by atoms with van der Waals surface area (Å²) in [4.78, 5) is 18.1. The topological polar surface area (TPSA) is 41.4 Å². The van der Waals surface area contributed by atoms with Gasteiger partial charge in [-0.3, -0.25) is 14.4 Å². The Labute approximate surface area is 152 Å². The first-order chi connectivity index (χ1) is 11.9. The van der Waals surface area contributed by atoms with Crippen molar-refractivity contribution in [3.63, 3.8) is 0 Å². The van der Waals surface area contributed by atoms with E-state index in [1.807, 2.05) is 11.7 Å². The smallest absolute Gasteiger partial charge is 0.240 e. The first kappa shape index (κ1) is 18.4. The van der Waals surface area contributed by atoms with Gasteiger partial charge < -0.3 is 4.90 Å². The van der Waals surface area contributed by atoms with Crippen LogP contribution in [0.15, 0.2) is 0 Å². The van der Waals surface area contributed by atoms with Gasteiger partial charge >= 0.3 is 0 Å². The molecule has 0 radical (unpaired) electrons. The maximum Gasteiger partial charge on any atom is 0.240 e. The van der Waals surface area contributed by atoms with Crippen molar-refractivity contribution in [2.45, 2.75) is 71.9 Å². The van der Waals surface area contributed by atoms with E-state index in [1.165, 1.54) is 24.1 Å². The predicted molar refractivity (Wildman–Crippen MR) is 100 cm³/mol. The summed E-state index contributed by atoms with van der Waals surface area (Å²) in [7, 11) is 2.00. The number of hydrogen-bond donors (Lipinski definition) is 0. The van der Waals surface area contributed by atoms with Crippen molar-refractivity contribution in [1.82, 2.24) is 19.6 Å². The van der Waals surface area contributed by atoms with Gasteiger partial charge in [0.25, 0.3) is 0 Å². The third-order valence-corrected chi connectivity index (χ3v) is 5.93. The maximum atomic E-state index is 13.5. The van der Waals surface area contributed by atoms with Gasteiger partial charge in [-0.25, -0.2) is 0 Å². The number of nitrogens with zero attached hydrogens (tertiary/aromatic N) is 4. The lowest BCUT2D eigenvalue weighted by Gasteiger charge is -2.39. The van der Waals surface area contributed by atoms with Crippen molar-refractivity contribution in [3.05, 3.63) is 17.0 Å². The van der Waals surface area contributed by atoms with Crippen molar-refractivity contribution in [3.8, 4) is 0 Å². The third-order valence-electron chi connectivity index (χ3n) is 5.93. The molecule has 5 heteroatoms. The largest absolute Gasteiger partial charge is 0.334 e. The highest BCUT2D eigenvalue weighted by Gasteiger charge is 2.39. The highest BCUT2D eigenvalue weighted by molar-refractivity contribution is 5.82. The Hall–Kier alpha value is -1.36. The molecule has 25 heavy (non-hydrogen) atoms. The summed E-state index contributed by atoms with van der Waals surface area (Å²) >= 11 is 0. The monoisotopic (exact) mass is 346 g/mol. The normalized spacial score (nSPS) is 25.1. The summed E-state index contributed by atoms with van der Waals surface area (Å²) in [6.45, 7) is 11.7. The average molecular weight is 347 g/mol. The van der Waals surface area contributed by atoms with E-state index < -0.39 is 0 Å². The number of carbonyl (C=O) groups is 1. The van der Waals surface area contributed by atoms with E-state index in [9.17, 15) is 4.79 Å². The third kappa shape index (κ3) is 3.62. The van der Waals surface area contributed by atoms with Gasteiger partial charge in [0, 0.05) is 31.4 Å². The lowest BCUT2D eigenvalue weighted by atomic mass is 9.97. The molecule has 0 N–H and O–H groups in total. The fourth-order valence-electron chi connectivity index (χ4n) is 4.75. The average Bonchev–Trinajstić information content (AvgIpc) is 3.12. The molecule has 3 heterocycles. The van der Waals surface area contributed by atoms with E-state index in [1.54, 1.807) is 0 Å². The van der Waals surface area contributed by atoms with E-state index >= 15 is 0 Å². The minimum absolute atomic E-state index is 0.0778. The Morgan fingerprint density at radius 3 is 2.56 bits per heavy atom. The molecular formula is C20H34N4O. The first-order valence-corrected chi connectivity index (χ1v) is 9.94. The van der Waals surface area contributed by atoms with Gasteiger partial charge in [-0.2, -0.15) is 5.10 Å². The fraction of sp³-hybridized carbons (Fsp3) is 0.800. The Bertz CT molecular complexity index is 621. The van der Waals surface area contributed by atoms with E-state index in [4.69, 9.17) is 0 Å². The number of aryl methyl sites for hydroxylation is 2. The molecule has 0 aliphatic carbocycles. The standard InChI is InChI=1S/C20H34N4O/c1-14(2)13-23-11-7-6-9-18(23)20(25)24-12-8-10-17(24)19-15(3)21-22(5)16(19)4/h14,17-18H,6-13H2,1-5H3/t17-,18-/m0/s1. The quantitative estimate of drug-likeness (QED) is 0.841. The lowest BCUT2D eigenvalue weighted by Crippen LogP contribution is -2.51. The van der Waals surface area contributed by atoms with Crippen LogP contribution in [-0.2, 0) is 11.8 Å². The van der Waals surface area contributed by atoms with Crippen LogP contribution in [0.5, 0.6) is 0 Å². The summed E-state index contributed by atoms with van der Waals surface area (Å²) in [5, 5.41) is 4.58. The SMILES string of the molecule is Cc1nn(C)c(C)c1[C@@H]1CCCN1C(=O)[C@@H]1CCCCN1CC(C)C. The lowest BCUT2D eigenvalue weighted by molar-refractivity contribution is -0.139. The molecule has 5 nitrogen and oxygen atoms in total. The summed E-state index contributed by atoms with van der Waals surface area (Å²) < 4.78 is 1.96. The van der Waals surface area contributed by atoms with Crippen LogP contribution in [0.25, 0.3) is 0 Å². The van der Waals surface area contributed by atoms with E-state index in [0.717, 1.165) is 44.6 Å². The van der Waals surface area contributed by atoms with Crippen molar-refractivity contribution in [2.24, 2.45) is 13.0 Å². The molecule has 2 fully saturated rings. The number of piperidine rings is 1. The predicted octanol–water partition coefficient (Wildman–Crippen LogP) is 3.21. The minimum Gasteiger partial charge on any atom is -0.334 e. The molecule has 1 aromatic heterocycles. The van der Waals surface area contributed by atoms with Crippen LogP contribution in [0.2, 0.25) is 0 Å². The van der Waals surface area contributed by atoms with Crippen molar-refractivity contribution >= 4 is 5.91 Å². The Morgan fingerprint density at radius 2 is 1.92 bits per heavy atom. The number of rotatable bonds is 4. The van der Waals surface area contributed by atoms with Crippen LogP contribution in [0.1, 0.15) is 68.9 Å². The molecule has 0 saturated carbocycles. The van der Waals surface area contributed by atoms with Gasteiger partial charge in [0.15, 0.2) is 0 Å². The molecule has 0 spiro atoms. The van der Waals surface area contributed by atoms with Crippen LogP contribution < -0.4 is 0 Å². The van der Waals surface area contributed by atoms with Crippen molar-refractivity contribution in [1.29, 1.82) is 0 Å². The Kier molecular flexibility index (Phi) is 5.52. The van der Waals surface area contributed by atoms with Crippen molar-refractivity contribution < 1.29 is 4.79 Å². The van der Waals surface area contributed by atoms with Crippen LogP contribution in [-0.4, -0.2) is 51.2 Å². The van der Waals surface area contributed by atoms with Crippen LogP contribution >= 0.6 is 0 Å². The number of amides is 1. The highest BCUT2D eigenvalue weighted by atomic mass is 16.2. The molecule has 1 aromatic rings. The molecule has 2 atom stereocenters. The van der Waals surface area contributed by atoms with Gasteiger partial charge in [0.1, 0.15) is 0 Å². The zero-order chi connectivity index (χ0) is 18.1. The molecule has 0 aromatic carbocycles. The summed E-state index contributed by atoms with van der Waals surface area (Å²) in [5.74, 6) is 0.955. The zero-order valence-electron chi connectivity index (χ0n) is 16.6. The molecule has 1 amide bonds. The first-order valence-electron chi connectivity index (χ1n) is 9.94. The fourth-order valence-corrected chi connectivity index (χ4v) is 4.75. The van der Waals surface area contributed by atoms with Gasteiger partial charge in [0.2, 0.25) is 5.91 Å². The van der Waals surface area contributed by atoms with Gasteiger partial charge in [0.05, 0.1) is 17.8 Å². The minimum atomic E-state index is 0.0778. The number of likely N-dealkylation sites (tertiary alicyclic amines) is 2. The molecule has 2 saturated heterocycles. The molecule has 0 bridgehead atoms. The summed E-state index contributed by atoms with van der Waals surface area (Å²) in [6.07, 6.45) is 5.58. The molecular weight excluding hydrogens is 312 g/mol. The van der Waals surface area contributed by atoms with Crippen molar-refractivity contribution in [2.75, 3.05) is 19.6 Å². The van der Waals surface area contributed by atoms with Gasteiger partial charge in [-0.15, -0.1) is 0 Å². The highest BCUT2D eigenvalue weighted by Crippen LogP contribution is 2.37. The molecule has 140 valence electrons. The number of hydrogen-bond acceptors (Lipinski definition) is 3. The van der Waals surface area contributed by atoms with E-state index in [-0.39, 0.29) is 12.1 Å². The summed E-state index contributed by atoms with van der Waals surface area (Å²) in [6, 6.07) is 0.290. The second kappa shape index (κ2) is 7.48. The molecule has 2 aliphatic rings. The maximum absolute atomic E-state index is 13.5. The van der Waals surface area contributed by atoms with Gasteiger partial charge in [-0.05, 0) is 52.0 Å². The van der Waals surface area contributed by atoms with E-state index in [2.05, 4.69) is 42.6 Å². The summed E-state index contributed by atoms with van der Waals surface area (Å²) in [5.41, 5.74) is 3.55. The molecule has 3 rings (SSSR count). The number of carbonyl (C=O) groups excluding carboxylic acids is 1.